The SMILES string of the molecule is CC(C)n1c(CCCCCNC(=O)C2CNC(=O)C3CCCCC32)nc2ccccc21. The van der Waals surface area contributed by atoms with Gasteiger partial charge in [-0.25, -0.2) is 4.98 Å². The molecule has 3 atom stereocenters. The second-order valence-corrected chi connectivity index (χ2v) is 9.49. The number of benzene rings is 1. The van der Waals surface area contributed by atoms with Gasteiger partial charge in [-0.2, -0.15) is 0 Å². The molecule has 31 heavy (non-hydrogen) atoms. The third-order valence-corrected chi connectivity index (χ3v) is 7.07. The Morgan fingerprint density at radius 2 is 2.00 bits per heavy atom. The molecule has 1 saturated heterocycles. The van der Waals surface area contributed by atoms with Crippen LogP contribution in [0.5, 0.6) is 0 Å². The summed E-state index contributed by atoms with van der Waals surface area (Å²) in [5.41, 5.74) is 2.28. The number of hydrogen-bond acceptors (Lipinski definition) is 3. The number of aryl methyl sites for hydroxylation is 1. The minimum absolute atomic E-state index is 0.0402. The van der Waals surface area contributed by atoms with Crippen LogP contribution in [0.15, 0.2) is 24.3 Å². The highest BCUT2D eigenvalue weighted by Gasteiger charge is 2.42. The molecule has 4 rings (SSSR count). The van der Waals surface area contributed by atoms with Gasteiger partial charge in [-0.1, -0.05) is 31.4 Å². The minimum atomic E-state index is -0.0612. The number of carbonyl (C=O) groups is 2. The minimum Gasteiger partial charge on any atom is -0.356 e. The lowest BCUT2D eigenvalue weighted by atomic mass is 9.69. The maximum Gasteiger partial charge on any atom is 0.225 e. The van der Waals surface area contributed by atoms with E-state index in [9.17, 15) is 9.59 Å². The van der Waals surface area contributed by atoms with E-state index in [4.69, 9.17) is 4.98 Å². The molecular formula is C25H36N4O2. The Morgan fingerprint density at radius 1 is 1.19 bits per heavy atom. The molecule has 6 heteroatoms. The Kier molecular flexibility index (Phi) is 6.93. The number of rotatable bonds is 8. The van der Waals surface area contributed by atoms with E-state index in [-0.39, 0.29) is 29.6 Å². The average molecular weight is 425 g/mol. The highest BCUT2D eigenvalue weighted by molar-refractivity contribution is 5.85. The van der Waals surface area contributed by atoms with Crippen LogP contribution in [0, 0.1) is 17.8 Å². The Hall–Kier alpha value is -2.37. The first-order valence-electron chi connectivity index (χ1n) is 12.1. The van der Waals surface area contributed by atoms with Crippen LogP contribution < -0.4 is 10.6 Å². The van der Waals surface area contributed by atoms with E-state index in [0.717, 1.165) is 62.7 Å². The topological polar surface area (TPSA) is 76.0 Å². The Balaban J connectivity index is 1.22. The number of nitrogens with zero attached hydrogens (tertiary/aromatic N) is 2. The first-order chi connectivity index (χ1) is 15.1. The Morgan fingerprint density at radius 3 is 2.84 bits per heavy atom. The summed E-state index contributed by atoms with van der Waals surface area (Å²) in [5.74, 6) is 1.64. The van der Waals surface area contributed by atoms with Crippen molar-refractivity contribution in [3.8, 4) is 0 Å². The molecule has 2 heterocycles. The Labute approximate surface area is 185 Å². The van der Waals surface area contributed by atoms with Gasteiger partial charge in [-0.05, 0) is 57.6 Å². The molecule has 1 aliphatic carbocycles. The number of aromatic nitrogens is 2. The number of unbranched alkanes of at least 4 members (excludes halogenated alkanes) is 2. The number of imidazole rings is 1. The van der Waals surface area contributed by atoms with Crippen LogP contribution in [0.2, 0.25) is 0 Å². The van der Waals surface area contributed by atoms with Crippen LogP contribution >= 0.6 is 0 Å². The van der Waals surface area contributed by atoms with Crippen molar-refractivity contribution in [2.24, 2.45) is 17.8 Å². The zero-order chi connectivity index (χ0) is 21.8. The van der Waals surface area contributed by atoms with Crippen molar-refractivity contribution in [3.05, 3.63) is 30.1 Å². The van der Waals surface area contributed by atoms with E-state index < -0.39 is 0 Å². The molecule has 2 fully saturated rings. The first kappa shape index (κ1) is 21.8. The second kappa shape index (κ2) is 9.84. The summed E-state index contributed by atoms with van der Waals surface area (Å²) in [4.78, 5) is 29.7. The van der Waals surface area contributed by atoms with E-state index >= 15 is 0 Å². The molecule has 1 saturated carbocycles. The fourth-order valence-electron chi connectivity index (χ4n) is 5.52. The highest BCUT2D eigenvalue weighted by Crippen LogP contribution is 2.37. The number of hydrogen-bond donors (Lipinski definition) is 2. The van der Waals surface area contributed by atoms with Gasteiger partial charge in [0, 0.05) is 31.5 Å². The molecule has 2 N–H and O–H groups in total. The zero-order valence-corrected chi connectivity index (χ0v) is 18.9. The number of amides is 2. The molecule has 0 spiro atoms. The molecule has 2 aromatic rings. The van der Waals surface area contributed by atoms with Crippen LogP contribution in [0.4, 0.5) is 0 Å². The van der Waals surface area contributed by atoms with Gasteiger partial charge in [0.1, 0.15) is 5.82 Å². The van der Waals surface area contributed by atoms with Crippen LogP contribution in [0.3, 0.4) is 0 Å². The average Bonchev–Trinajstić information content (AvgIpc) is 3.15. The molecule has 168 valence electrons. The Bertz CT molecular complexity index is 919. The second-order valence-electron chi connectivity index (χ2n) is 9.49. The van der Waals surface area contributed by atoms with Crippen LogP contribution in [0.1, 0.15) is 70.7 Å². The number of fused-ring (bicyclic) bond motifs is 2. The first-order valence-corrected chi connectivity index (χ1v) is 12.1. The van der Waals surface area contributed by atoms with Gasteiger partial charge < -0.3 is 15.2 Å². The highest BCUT2D eigenvalue weighted by atomic mass is 16.2. The number of carbonyl (C=O) groups excluding carboxylic acids is 2. The van der Waals surface area contributed by atoms with Crippen molar-refractivity contribution in [2.75, 3.05) is 13.1 Å². The van der Waals surface area contributed by atoms with Crippen molar-refractivity contribution in [1.29, 1.82) is 0 Å². The summed E-state index contributed by atoms with van der Waals surface area (Å²) in [6, 6.07) is 8.73. The summed E-state index contributed by atoms with van der Waals surface area (Å²) in [6.07, 6.45) is 8.24. The fourth-order valence-corrected chi connectivity index (χ4v) is 5.52. The maximum atomic E-state index is 12.8. The number of para-hydroxylation sites is 2. The number of piperidine rings is 1. The number of nitrogens with one attached hydrogen (secondary N) is 2. The maximum absolute atomic E-state index is 12.8. The van der Waals surface area contributed by atoms with Gasteiger partial charge in [0.2, 0.25) is 11.8 Å². The fraction of sp³-hybridized carbons (Fsp3) is 0.640. The molecule has 0 radical (unpaired) electrons. The van der Waals surface area contributed by atoms with Gasteiger partial charge in [0.15, 0.2) is 0 Å². The van der Waals surface area contributed by atoms with Gasteiger partial charge in [0.05, 0.1) is 17.0 Å². The molecule has 1 aromatic heterocycles. The zero-order valence-electron chi connectivity index (χ0n) is 18.9. The quantitative estimate of drug-likeness (QED) is 0.629. The van der Waals surface area contributed by atoms with Gasteiger partial charge in [-0.3, -0.25) is 9.59 Å². The standard InChI is InChI=1S/C25H36N4O2/c1-17(2)29-22-13-8-7-12-21(22)28-23(29)14-4-3-9-15-26-25(31)20-16-27-24(30)19-11-6-5-10-18(19)20/h7-8,12-13,17-20H,3-6,9-11,14-16H2,1-2H3,(H,26,31)(H,27,30). The molecule has 6 nitrogen and oxygen atoms in total. The van der Waals surface area contributed by atoms with Gasteiger partial charge in [0.25, 0.3) is 0 Å². The van der Waals surface area contributed by atoms with Crippen molar-refractivity contribution in [2.45, 2.75) is 71.3 Å². The molecule has 3 unspecified atom stereocenters. The van der Waals surface area contributed by atoms with Crippen molar-refractivity contribution in [3.63, 3.8) is 0 Å². The largest absolute Gasteiger partial charge is 0.356 e. The normalized spacial score (nSPS) is 23.6. The van der Waals surface area contributed by atoms with Gasteiger partial charge in [-0.15, -0.1) is 0 Å². The van der Waals surface area contributed by atoms with Crippen LogP contribution in [-0.2, 0) is 16.0 Å². The lowest BCUT2D eigenvalue weighted by Crippen LogP contribution is -2.53. The van der Waals surface area contributed by atoms with E-state index in [1.165, 1.54) is 5.52 Å². The van der Waals surface area contributed by atoms with E-state index in [2.05, 4.69) is 47.2 Å². The summed E-state index contributed by atoms with van der Waals surface area (Å²) in [7, 11) is 0. The molecular weight excluding hydrogens is 388 g/mol. The summed E-state index contributed by atoms with van der Waals surface area (Å²) < 4.78 is 2.34. The van der Waals surface area contributed by atoms with Crippen LogP contribution in [-0.4, -0.2) is 34.5 Å². The molecule has 0 bridgehead atoms. The van der Waals surface area contributed by atoms with E-state index in [1.54, 1.807) is 0 Å². The molecule has 1 aliphatic heterocycles. The third kappa shape index (κ3) is 4.78. The predicted octanol–water partition coefficient (Wildman–Crippen LogP) is 4.00. The molecule has 2 amide bonds. The lowest BCUT2D eigenvalue weighted by molar-refractivity contribution is -0.138. The molecule has 1 aromatic carbocycles. The van der Waals surface area contributed by atoms with Crippen molar-refractivity contribution < 1.29 is 9.59 Å². The lowest BCUT2D eigenvalue weighted by Gasteiger charge is -2.39. The summed E-state index contributed by atoms with van der Waals surface area (Å²) in [5, 5.41) is 6.10. The van der Waals surface area contributed by atoms with E-state index in [1.807, 2.05) is 6.07 Å². The smallest absolute Gasteiger partial charge is 0.225 e. The summed E-state index contributed by atoms with van der Waals surface area (Å²) >= 11 is 0. The molecule has 2 aliphatic rings. The monoisotopic (exact) mass is 424 g/mol. The van der Waals surface area contributed by atoms with Crippen molar-refractivity contribution >= 4 is 22.8 Å². The van der Waals surface area contributed by atoms with Crippen LogP contribution in [0.25, 0.3) is 11.0 Å². The summed E-state index contributed by atoms with van der Waals surface area (Å²) in [6.45, 7) is 5.62. The third-order valence-electron chi connectivity index (χ3n) is 7.07. The van der Waals surface area contributed by atoms with Gasteiger partial charge >= 0.3 is 0 Å². The predicted molar refractivity (Wildman–Crippen MR) is 123 cm³/mol. The van der Waals surface area contributed by atoms with E-state index in [0.29, 0.717) is 19.1 Å². The van der Waals surface area contributed by atoms with Crippen molar-refractivity contribution in [1.82, 2.24) is 20.2 Å².